The van der Waals surface area contributed by atoms with E-state index >= 15 is 0 Å². The van der Waals surface area contributed by atoms with Crippen LogP contribution in [0.1, 0.15) is 25.3 Å². The topological polar surface area (TPSA) is 38.0 Å². The Hall–Kier alpha value is -0.680. The van der Waals surface area contributed by atoms with Crippen molar-refractivity contribution < 1.29 is 4.39 Å². The normalized spacial score (nSPS) is 23.0. The molecule has 3 N–H and O–H groups in total. The summed E-state index contributed by atoms with van der Waals surface area (Å²) >= 11 is 8.04. The molecule has 5 heteroatoms. The molecule has 17 heavy (non-hydrogen) atoms. The van der Waals surface area contributed by atoms with Gasteiger partial charge >= 0.3 is 0 Å². The summed E-state index contributed by atoms with van der Waals surface area (Å²) in [5, 5.41) is 3.19. The van der Waals surface area contributed by atoms with E-state index in [1.807, 2.05) is 0 Å². The maximum Gasteiger partial charge on any atom is 0.161 e. The van der Waals surface area contributed by atoms with Gasteiger partial charge in [0.05, 0.1) is 10.2 Å². The molecule has 0 aliphatic heterocycles. The first-order chi connectivity index (χ1) is 7.99. The highest BCUT2D eigenvalue weighted by molar-refractivity contribution is 9.10. The average Bonchev–Trinajstić information content (AvgIpc) is 2.22. The second kappa shape index (κ2) is 4.90. The molecule has 0 heterocycles. The zero-order chi connectivity index (χ0) is 12.6. The second-order valence-electron chi connectivity index (χ2n) is 4.57. The van der Waals surface area contributed by atoms with Gasteiger partial charge in [-0.2, -0.15) is 0 Å². The highest BCUT2D eigenvalue weighted by atomic mass is 79.9. The van der Waals surface area contributed by atoms with E-state index in [9.17, 15) is 4.39 Å². The van der Waals surface area contributed by atoms with E-state index in [0.29, 0.717) is 21.8 Å². The van der Waals surface area contributed by atoms with Crippen LogP contribution in [0.2, 0.25) is 0 Å². The number of nitrogens with one attached hydrogen (secondary N) is 1. The first-order valence-electron chi connectivity index (χ1n) is 5.53. The van der Waals surface area contributed by atoms with Gasteiger partial charge in [-0.25, -0.2) is 4.39 Å². The van der Waals surface area contributed by atoms with E-state index in [0.717, 1.165) is 18.8 Å². The number of halogens is 2. The fourth-order valence-electron chi connectivity index (χ4n) is 2.09. The third kappa shape index (κ3) is 2.60. The van der Waals surface area contributed by atoms with Gasteiger partial charge in [-0.1, -0.05) is 19.1 Å². The largest absolute Gasteiger partial charge is 0.389 e. The lowest BCUT2D eigenvalue weighted by atomic mass is 9.82. The molecular weight excluding hydrogens is 303 g/mol. The van der Waals surface area contributed by atoms with Crippen LogP contribution in [-0.2, 0) is 0 Å². The Morgan fingerprint density at radius 1 is 1.53 bits per heavy atom. The van der Waals surface area contributed by atoms with Gasteiger partial charge in [0.1, 0.15) is 4.99 Å². The zero-order valence-electron chi connectivity index (χ0n) is 9.47. The van der Waals surface area contributed by atoms with Crippen molar-refractivity contribution in [3.63, 3.8) is 0 Å². The van der Waals surface area contributed by atoms with Crippen LogP contribution in [0.4, 0.5) is 10.1 Å². The molecule has 0 unspecified atom stereocenters. The number of hydrogen-bond acceptors (Lipinski definition) is 2. The number of hydrogen-bond donors (Lipinski definition) is 2. The first kappa shape index (κ1) is 12.8. The van der Waals surface area contributed by atoms with Crippen LogP contribution in [0, 0.1) is 11.7 Å². The van der Waals surface area contributed by atoms with Crippen LogP contribution in [0.3, 0.4) is 0 Å². The molecule has 2 nitrogen and oxygen atoms in total. The van der Waals surface area contributed by atoms with Crippen LogP contribution < -0.4 is 11.1 Å². The average molecular weight is 317 g/mol. The number of nitrogens with two attached hydrogens (primary N) is 1. The molecule has 0 aromatic heterocycles. The van der Waals surface area contributed by atoms with E-state index in [-0.39, 0.29) is 10.8 Å². The van der Waals surface area contributed by atoms with Gasteiger partial charge in [0, 0.05) is 11.6 Å². The lowest BCUT2D eigenvalue weighted by Crippen LogP contribution is -2.34. The van der Waals surface area contributed by atoms with Gasteiger partial charge in [0.25, 0.3) is 0 Å². The van der Waals surface area contributed by atoms with Gasteiger partial charge in [-0.15, -0.1) is 0 Å². The van der Waals surface area contributed by atoms with Crippen molar-refractivity contribution in [2.45, 2.75) is 25.8 Å². The minimum atomic E-state index is -0.324. The smallest absolute Gasteiger partial charge is 0.161 e. The highest BCUT2D eigenvalue weighted by Crippen LogP contribution is 2.33. The summed E-state index contributed by atoms with van der Waals surface area (Å²) in [6, 6.07) is 3.80. The van der Waals surface area contributed by atoms with E-state index in [4.69, 9.17) is 18.0 Å². The molecule has 0 amide bonds. The number of thiocarbonyl (C=S) groups is 1. The van der Waals surface area contributed by atoms with Crippen molar-refractivity contribution in [1.82, 2.24) is 0 Å². The molecule has 1 saturated carbocycles. The maximum atomic E-state index is 14.0. The van der Waals surface area contributed by atoms with Gasteiger partial charge < -0.3 is 11.1 Å². The molecule has 1 aromatic rings. The first-order valence-corrected chi connectivity index (χ1v) is 6.73. The summed E-state index contributed by atoms with van der Waals surface area (Å²) in [6.07, 6.45) is 2.18. The molecule has 0 atom stereocenters. The van der Waals surface area contributed by atoms with Crippen LogP contribution in [0.15, 0.2) is 16.6 Å². The maximum absolute atomic E-state index is 14.0. The van der Waals surface area contributed by atoms with Crippen LogP contribution in [0.25, 0.3) is 0 Å². The third-order valence-electron chi connectivity index (χ3n) is 3.08. The molecule has 0 saturated heterocycles. The molecule has 2 rings (SSSR count). The predicted octanol–water partition coefficient (Wildman–Crippen LogP) is 3.43. The molecule has 0 radical (unpaired) electrons. The summed E-state index contributed by atoms with van der Waals surface area (Å²) in [5.74, 6) is 0.407. The SMILES string of the molecule is CC1CC(Nc2ccc(C(N)=S)c(Br)c2F)C1. The van der Waals surface area contributed by atoms with Crippen molar-refractivity contribution in [2.75, 3.05) is 5.32 Å². The lowest BCUT2D eigenvalue weighted by molar-refractivity contribution is 0.308. The fraction of sp³-hybridized carbons (Fsp3) is 0.417. The molecular formula is C12H14BrFN2S. The summed E-state index contributed by atoms with van der Waals surface area (Å²) in [5.41, 5.74) is 6.55. The molecule has 1 aromatic carbocycles. The Kier molecular flexibility index (Phi) is 3.68. The number of benzene rings is 1. The number of anilines is 1. The Morgan fingerprint density at radius 2 is 2.18 bits per heavy atom. The summed E-state index contributed by atoms with van der Waals surface area (Å²) < 4.78 is 14.4. The van der Waals surface area contributed by atoms with Crippen LogP contribution in [0.5, 0.6) is 0 Å². The van der Waals surface area contributed by atoms with Crippen molar-refractivity contribution >= 4 is 38.8 Å². The molecule has 0 spiro atoms. The van der Waals surface area contributed by atoms with Crippen molar-refractivity contribution in [2.24, 2.45) is 11.7 Å². The zero-order valence-corrected chi connectivity index (χ0v) is 11.9. The highest BCUT2D eigenvalue weighted by Gasteiger charge is 2.26. The molecule has 0 bridgehead atoms. The van der Waals surface area contributed by atoms with E-state index in [1.165, 1.54) is 0 Å². The standard InChI is InChI=1S/C12H14BrFN2S/c1-6-4-7(5-6)16-9-3-2-8(12(15)17)10(13)11(9)14/h2-3,6-7,16H,4-5H2,1H3,(H2,15,17). The summed E-state index contributed by atoms with van der Waals surface area (Å²) in [7, 11) is 0. The summed E-state index contributed by atoms with van der Waals surface area (Å²) in [4.78, 5) is 0.194. The van der Waals surface area contributed by atoms with Crippen molar-refractivity contribution in [3.05, 3.63) is 28.0 Å². The predicted molar refractivity (Wildman–Crippen MR) is 75.8 cm³/mol. The van der Waals surface area contributed by atoms with Crippen LogP contribution >= 0.6 is 28.1 Å². The van der Waals surface area contributed by atoms with E-state index in [1.54, 1.807) is 12.1 Å². The lowest BCUT2D eigenvalue weighted by Gasteiger charge is -2.34. The van der Waals surface area contributed by atoms with Gasteiger partial charge in [0.15, 0.2) is 5.82 Å². The fourth-order valence-corrected chi connectivity index (χ4v) is 2.95. The Labute approximate surface area is 114 Å². The molecule has 1 aliphatic carbocycles. The third-order valence-corrected chi connectivity index (χ3v) is 4.08. The minimum absolute atomic E-state index is 0.194. The molecule has 1 aliphatic rings. The van der Waals surface area contributed by atoms with Crippen molar-refractivity contribution in [3.8, 4) is 0 Å². The minimum Gasteiger partial charge on any atom is -0.389 e. The molecule has 1 fully saturated rings. The monoisotopic (exact) mass is 316 g/mol. The Balaban J connectivity index is 2.19. The second-order valence-corrected chi connectivity index (χ2v) is 5.80. The van der Waals surface area contributed by atoms with E-state index in [2.05, 4.69) is 28.2 Å². The van der Waals surface area contributed by atoms with Gasteiger partial charge in [-0.3, -0.25) is 0 Å². The summed E-state index contributed by atoms with van der Waals surface area (Å²) in [6.45, 7) is 2.19. The quantitative estimate of drug-likeness (QED) is 0.839. The van der Waals surface area contributed by atoms with Crippen LogP contribution in [-0.4, -0.2) is 11.0 Å². The number of rotatable bonds is 3. The van der Waals surface area contributed by atoms with Gasteiger partial charge in [-0.05, 0) is 46.8 Å². The van der Waals surface area contributed by atoms with Gasteiger partial charge in [0.2, 0.25) is 0 Å². The molecule has 92 valence electrons. The van der Waals surface area contributed by atoms with E-state index < -0.39 is 0 Å². The Bertz CT molecular complexity index is 458. The Morgan fingerprint density at radius 3 is 2.71 bits per heavy atom. The van der Waals surface area contributed by atoms with Crippen molar-refractivity contribution in [1.29, 1.82) is 0 Å².